The highest BCUT2D eigenvalue weighted by Gasteiger charge is 2.23. The predicted molar refractivity (Wildman–Crippen MR) is 94.5 cm³/mol. The van der Waals surface area contributed by atoms with E-state index in [4.69, 9.17) is 16.1 Å². The smallest absolute Gasteiger partial charge is 0.257 e. The minimum Gasteiger partial charge on any atom is -0.360 e. The summed E-state index contributed by atoms with van der Waals surface area (Å²) >= 11 is 6.21. The molecule has 0 saturated carbocycles. The second kappa shape index (κ2) is 7.70. The van der Waals surface area contributed by atoms with E-state index in [1.807, 2.05) is 17.0 Å². The van der Waals surface area contributed by atoms with Gasteiger partial charge in [0, 0.05) is 31.6 Å². The lowest BCUT2D eigenvalue weighted by Crippen LogP contribution is -2.31. The number of rotatable bonds is 6. The first-order chi connectivity index (χ1) is 12.1. The third kappa shape index (κ3) is 3.85. The summed E-state index contributed by atoms with van der Waals surface area (Å²) in [6, 6.07) is 7.20. The molecule has 7 heteroatoms. The van der Waals surface area contributed by atoms with Crippen LogP contribution >= 0.6 is 11.6 Å². The van der Waals surface area contributed by atoms with E-state index in [1.54, 1.807) is 19.1 Å². The van der Waals surface area contributed by atoms with Crippen molar-refractivity contribution >= 4 is 23.4 Å². The first-order valence-electron chi connectivity index (χ1n) is 8.35. The third-order valence-corrected chi connectivity index (χ3v) is 4.61. The van der Waals surface area contributed by atoms with E-state index in [2.05, 4.69) is 10.5 Å². The minimum atomic E-state index is -0.249. The highest BCUT2D eigenvalue weighted by Crippen LogP contribution is 2.30. The van der Waals surface area contributed by atoms with Gasteiger partial charge in [-0.05, 0) is 25.8 Å². The van der Waals surface area contributed by atoms with Crippen LogP contribution in [0.25, 0.3) is 11.3 Å². The van der Waals surface area contributed by atoms with Crippen LogP contribution in [0.1, 0.15) is 35.4 Å². The van der Waals surface area contributed by atoms with E-state index in [9.17, 15) is 9.59 Å². The second-order valence-corrected chi connectivity index (χ2v) is 6.44. The van der Waals surface area contributed by atoms with Crippen LogP contribution in [0.4, 0.5) is 0 Å². The SMILES string of the molecule is Cc1onc(-c2ccccc2Cl)c1C(=O)NCCCN1CCCC1=O. The fourth-order valence-electron chi connectivity index (χ4n) is 2.98. The average Bonchev–Trinajstić information content (AvgIpc) is 3.18. The van der Waals surface area contributed by atoms with Crippen molar-refractivity contribution in [3.8, 4) is 11.3 Å². The van der Waals surface area contributed by atoms with Gasteiger partial charge in [0.05, 0.1) is 5.02 Å². The molecule has 1 aromatic heterocycles. The molecule has 0 aliphatic carbocycles. The zero-order chi connectivity index (χ0) is 17.8. The van der Waals surface area contributed by atoms with Crippen LogP contribution in [-0.4, -0.2) is 41.5 Å². The summed E-state index contributed by atoms with van der Waals surface area (Å²) in [4.78, 5) is 26.0. The van der Waals surface area contributed by atoms with Crippen LogP contribution in [0.15, 0.2) is 28.8 Å². The molecule has 0 spiro atoms. The van der Waals surface area contributed by atoms with Crippen LogP contribution in [0.5, 0.6) is 0 Å². The Kier molecular flexibility index (Phi) is 5.38. The number of halogens is 1. The van der Waals surface area contributed by atoms with Gasteiger partial charge in [-0.1, -0.05) is 35.0 Å². The fraction of sp³-hybridized carbons (Fsp3) is 0.389. The Hall–Kier alpha value is -2.34. The Labute approximate surface area is 151 Å². The Balaban J connectivity index is 1.63. The zero-order valence-corrected chi connectivity index (χ0v) is 14.8. The van der Waals surface area contributed by atoms with Crippen LogP contribution in [0.2, 0.25) is 5.02 Å². The molecule has 2 aromatic rings. The van der Waals surface area contributed by atoms with Crippen molar-refractivity contribution in [3.05, 3.63) is 40.6 Å². The lowest BCUT2D eigenvalue weighted by molar-refractivity contribution is -0.127. The molecule has 6 nitrogen and oxygen atoms in total. The molecular formula is C18H20ClN3O3. The number of hydrogen-bond donors (Lipinski definition) is 1. The molecule has 0 atom stereocenters. The molecule has 2 amide bonds. The molecule has 1 aliphatic heterocycles. The molecule has 132 valence electrons. The second-order valence-electron chi connectivity index (χ2n) is 6.04. The standard InChI is InChI=1S/C18H20ClN3O3/c1-12-16(17(21-25-12)13-6-2-3-7-14(13)19)18(24)20-9-5-11-22-10-4-8-15(22)23/h2-3,6-7H,4-5,8-11H2,1H3,(H,20,24). The van der Waals surface area contributed by atoms with Gasteiger partial charge in [0.25, 0.3) is 5.91 Å². The summed E-state index contributed by atoms with van der Waals surface area (Å²) in [6.45, 7) is 3.66. The summed E-state index contributed by atoms with van der Waals surface area (Å²) in [6.07, 6.45) is 2.27. The lowest BCUT2D eigenvalue weighted by Gasteiger charge is -2.15. The van der Waals surface area contributed by atoms with Gasteiger partial charge in [-0.15, -0.1) is 0 Å². The predicted octanol–water partition coefficient (Wildman–Crippen LogP) is 3.05. The molecule has 0 bridgehead atoms. The van der Waals surface area contributed by atoms with Gasteiger partial charge >= 0.3 is 0 Å². The molecule has 1 saturated heterocycles. The maximum Gasteiger partial charge on any atom is 0.257 e. The number of aryl methyl sites for hydroxylation is 1. The van der Waals surface area contributed by atoms with E-state index in [0.29, 0.717) is 53.5 Å². The molecule has 1 aromatic carbocycles. The highest BCUT2D eigenvalue weighted by molar-refractivity contribution is 6.33. The summed E-state index contributed by atoms with van der Waals surface area (Å²) in [5.74, 6) is 0.394. The van der Waals surface area contributed by atoms with Crippen molar-refractivity contribution in [1.82, 2.24) is 15.4 Å². The summed E-state index contributed by atoms with van der Waals surface area (Å²) < 4.78 is 5.21. The van der Waals surface area contributed by atoms with Crippen LogP contribution in [0, 0.1) is 6.92 Å². The Morgan fingerprint density at radius 1 is 1.40 bits per heavy atom. The monoisotopic (exact) mass is 361 g/mol. The average molecular weight is 362 g/mol. The van der Waals surface area contributed by atoms with Crippen LogP contribution < -0.4 is 5.32 Å². The van der Waals surface area contributed by atoms with Gasteiger partial charge in [0.15, 0.2) is 0 Å². The molecular weight excluding hydrogens is 342 g/mol. The largest absolute Gasteiger partial charge is 0.360 e. The Morgan fingerprint density at radius 2 is 2.20 bits per heavy atom. The highest BCUT2D eigenvalue weighted by atomic mass is 35.5. The summed E-state index contributed by atoms with van der Waals surface area (Å²) in [7, 11) is 0. The van der Waals surface area contributed by atoms with Crippen molar-refractivity contribution in [1.29, 1.82) is 0 Å². The van der Waals surface area contributed by atoms with Crippen molar-refractivity contribution < 1.29 is 14.1 Å². The molecule has 3 rings (SSSR count). The lowest BCUT2D eigenvalue weighted by atomic mass is 10.1. The fourth-order valence-corrected chi connectivity index (χ4v) is 3.20. The first kappa shape index (κ1) is 17.5. The maximum atomic E-state index is 12.6. The molecule has 1 fully saturated rings. The van der Waals surface area contributed by atoms with Crippen molar-refractivity contribution in [2.24, 2.45) is 0 Å². The molecule has 25 heavy (non-hydrogen) atoms. The molecule has 0 radical (unpaired) electrons. The number of nitrogens with zero attached hydrogens (tertiary/aromatic N) is 2. The van der Waals surface area contributed by atoms with Gasteiger partial charge in [0.2, 0.25) is 5.91 Å². The summed E-state index contributed by atoms with van der Waals surface area (Å²) in [5, 5.41) is 7.38. The van der Waals surface area contributed by atoms with Crippen molar-refractivity contribution in [2.75, 3.05) is 19.6 Å². The number of carbonyl (C=O) groups is 2. The van der Waals surface area contributed by atoms with E-state index < -0.39 is 0 Å². The molecule has 2 heterocycles. The molecule has 1 aliphatic rings. The number of hydrogen-bond acceptors (Lipinski definition) is 4. The molecule has 1 N–H and O–H groups in total. The molecule has 0 unspecified atom stereocenters. The number of aromatic nitrogens is 1. The normalized spacial score (nSPS) is 14.2. The van der Waals surface area contributed by atoms with E-state index in [0.717, 1.165) is 13.0 Å². The number of nitrogens with one attached hydrogen (secondary N) is 1. The van der Waals surface area contributed by atoms with E-state index in [-0.39, 0.29) is 11.8 Å². The van der Waals surface area contributed by atoms with Crippen molar-refractivity contribution in [2.45, 2.75) is 26.2 Å². The third-order valence-electron chi connectivity index (χ3n) is 4.28. The van der Waals surface area contributed by atoms with E-state index >= 15 is 0 Å². The number of benzene rings is 1. The van der Waals surface area contributed by atoms with Crippen LogP contribution in [-0.2, 0) is 4.79 Å². The number of carbonyl (C=O) groups excluding carboxylic acids is 2. The first-order valence-corrected chi connectivity index (χ1v) is 8.73. The Bertz CT molecular complexity index is 788. The minimum absolute atomic E-state index is 0.196. The van der Waals surface area contributed by atoms with Gasteiger partial charge in [-0.2, -0.15) is 0 Å². The van der Waals surface area contributed by atoms with Crippen molar-refractivity contribution in [3.63, 3.8) is 0 Å². The van der Waals surface area contributed by atoms with Crippen LogP contribution in [0.3, 0.4) is 0 Å². The number of likely N-dealkylation sites (tertiary alicyclic amines) is 1. The quantitative estimate of drug-likeness (QED) is 0.802. The van der Waals surface area contributed by atoms with Gasteiger partial charge < -0.3 is 14.7 Å². The zero-order valence-electron chi connectivity index (χ0n) is 14.0. The number of amides is 2. The van der Waals surface area contributed by atoms with E-state index in [1.165, 1.54) is 0 Å². The maximum absolute atomic E-state index is 12.6. The van der Waals surface area contributed by atoms with Gasteiger partial charge in [0.1, 0.15) is 17.0 Å². The summed E-state index contributed by atoms with van der Waals surface area (Å²) in [5.41, 5.74) is 1.49. The topological polar surface area (TPSA) is 75.4 Å². The Morgan fingerprint density at radius 3 is 2.92 bits per heavy atom. The van der Waals surface area contributed by atoms with Gasteiger partial charge in [-0.3, -0.25) is 9.59 Å². The van der Waals surface area contributed by atoms with Gasteiger partial charge in [-0.25, -0.2) is 0 Å².